The highest BCUT2D eigenvalue weighted by atomic mass is 16.5. The van der Waals surface area contributed by atoms with E-state index in [2.05, 4.69) is 0 Å². The van der Waals surface area contributed by atoms with Crippen LogP contribution in [0.3, 0.4) is 0 Å². The van der Waals surface area contributed by atoms with Gasteiger partial charge in [0.05, 0.1) is 0 Å². The van der Waals surface area contributed by atoms with Gasteiger partial charge in [0.2, 0.25) is 0 Å². The molecule has 2 nitrogen and oxygen atoms in total. The quantitative estimate of drug-likeness (QED) is 0.675. The van der Waals surface area contributed by atoms with E-state index in [9.17, 15) is 4.79 Å². The molecule has 0 amide bonds. The number of ether oxygens (including phenoxy) is 1. The Labute approximate surface area is 83.2 Å². The van der Waals surface area contributed by atoms with Crippen LogP contribution in [-0.2, 0) is 15.1 Å². The van der Waals surface area contributed by atoms with Crippen LogP contribution in [0.5, 0.6) is 0 Å². The summed E-state index contributed by atoms with van der Waals surface area (Å²) in [7, 11) is 1.56. The zero-order valence-electron chi connectivity index (χ0n) is 8.28. The average molecular weight is 188 g/mol. The first-order valence-corrected chi connectivity index (χ1v) is 4.55. The van der Waals surface area contributed by atoms with E-state index >= 15 is 0 Å². The molecule has 2 rings (SSSR count). The zero-order chi connectivity index (χ0) is 10.2. The third kappa shape index (κ3) is 1.11. The van der Waals surface area contributed by atoms with Gasteiger partial charge in [0, 0.05) is 7.11 Å². The summed E-state index contributed by atoms with van der Waals surface area (Å²) in [6.45, 7) is 1.80. The molecule has 1 aromatic rings. The number of hydrogen-bond donors (Lipinski definition) is 0. The minimum absolute atomic E-state index is 0.00120. The Balaban J connectivity index is 2.65. The Hall–Kier alpha value is -1.41. The monoisotopic (exact) mass is 188 g/mol. The van der Waals surface area contributed by atoms with Crippen molar-refractivity contribution in [2.45, 2.75) is 12.5 Å². The van der Waals surface area contributed by atoms with Crippen LogP contribution >= 0.6 is 0 Å². The van der Waals surface area contributed by atoms with Gasteiger partial charge in [-0.3, -0.25) is 4.79 Å². The molecule has 1 unspecified atom stereocenters. The van der Waals surface area contributed by atoms with Crippen LogP contribution in [0.1, 0.15) is 18.1 Å². The number of carbonyl (C=O) groups excluding carboxylic acids is 1. The van der Waals surface area contributed by atoms with Crippen LogP contribution < -0.4 is 0 Å². The number of fused-ring (bicyclic) bond motifs is 1. The lowest BCUT2D eigenvalue weighted by Crippen LogP contribution is -2.35. The molecule has 0 aromatic heterocycles. The van der Waals surface area contributed by atoms with Gasteiger partial charge in [-0.25, -0.2) is 0 Å². The molecule has 14 heavy (non-hydrogen) atoms. The van der Waals surface area contributed by atoms with Crippen LogP contribution in [0.2, 0.25) is 0 Å². The molecule has 2 heteroatoms. The van der Waals surface area contributed by atoms with E-state index in [4.69, 9.17) is 4.74 Å². The summed E-state index contributed by atoms with van der Waals surface area (Å²) in [5, 5.41) is 0. The van der Waals surface area contributed by atoms with Crippen molar-refractivity contribution in [2.24, 2.45) is 0 Å². The minimum Gasteiger partial charge on any atom is -0.366 e. The lowest BCUT2D eigenvalue weighted by molar-refractivity contribution is -0.135. The maximum atomic E-state index is 11.7. The van der Waals surface area contributed by atoms with Crippen molar-refractivity contribution in [1.82, 2.24) is 0 Å². The first kappa shape index (κ1) is 9.16. The van der Waals surface area contributed by atoms with Crippen LogP contribution in [0.15, 0.2) is 30.3 Å². The van der Waals surface area contributed by atoms with Crippen LogP contribution in [-0.4, -0.2) is 12.9 Å². The van der Waals surface area contributed by atoms with E-state index in [1.54, 1.807) is 20.1 Å². The zero-order valence-corrected chi connectivity index (χ0v) is 8.28. The van der Waals surface area contributed by atoms with Crippen molar-refractivity contribution in [2.75, 3.05) is 7.11 Å². The Kier molecular flexibility index (Phi) is 2.01. The second-order valence-electron chi connectivity index (χ2n) is 3.52. The molecule has 0 radical (unpaired) electrons. The molecule has 0 bridgehead atoms. The Morgan fingerprint density at radius 2 is 1.93 bits per heavy atom. The summed E-state index contributed by atoms with van der Waals surface area (Å²) in [5.74, 6) is -0.00120. The standard InChI is InChI=1S/C12H12O2/c1-12(14-2)10-6-4-3-5-9(10)7-8-11(12)13/h3-8H,1-2H3. The number of ketones is 1. The van der Waals surface area contributed by atoms with E-state index in [1.165, 1.54) is 0 Å². The number of carbonyl (C=O) groups is 1. The van der Waals surface area contributed by atoms with Crippen LogP contribution in [0.25, 0.3) is 6.08 Å². The van der Waals surface area contributed by atoms with Crippen molar-refractivity contribution in [3.63, 3.8) is 0 Å². The first-order valence-electron chi connectivity index (χ1n) is 4.55. The van der Waals surface area contributed by atoms with E-state index in [0.29, 0.717) is 0 Å². The molecule has 1 aliphatic carbocycles. The molecule has 0 aliphatic heterocycles. The van der Waals surface area contributed by atoms with Gasteiger partial charge in [0.25, 0.3) is 0 Å². The smallest absolute Gasteiger partial charge is 0.191 e. The van der Waals surface area contributed by atoms with Gasteiger partial charge < -0.3 is 4.74 Å². The number of benzene rings is 1. The highest BCUT2D eigenvalue weighted by Crippen LogP contribution is 2.33. The third-order valence-corrected chi connectivity index (χ3v) is 2.77. The summed E-state index contributed by atoms with van der Waals surface area (Å²) < 4.78 is 5.32. The Morgan fingerprint density at radius 1 is 1.21 bits per heavy atom. The molecule has 0 spiro atoms. The predicted molar refractivity (Wildman–Crippen MR) is 54.8 cm³/mol. The molecule has 72 valence electrons. The van der Waals surface area contributed by atoms with Crippen molar-refractivity contribution < 1.29 is 9.53 Å². The average Bonchev–Trinajstić information content (AvgIpc) is 2.24. The van der Waals surface area contributed by atoms with Gasteiger partial charge in [-0.2, -0.15) is 0 Å². The van der Waals surface area contributed by atoms with Gasteiger partial charge in [-0.15, -0.1) is 0 Å². The fourth-order valence-corrected chi connectivity index (χ4v) is 1.74. The van der Waals surface area contributed by atoms with Crippen LogP contribution in [0.4, 0.5) is 0 Å². The summed E-state index contributed by atoms with van der Waals surface area (Å²) in [4.78, 5) is 11.7. The molecule has 0 fully saturated rings. The van der Waals surface area contributed by atoms with E-state index < -0.39 is 5.60 Å². The summed E-state index contributed by atoms with van der Waals surface area (Å²) in [6, 6.07) is 7.79. The van der Waals surface area contributed by atoms with E-state index in [1.807, 2.05) is 30.3 Å². The second kappa shape index (κ2) is 3.07. The summed E-state index contributed by atoms with van der Waals surface area (Å²) in [6.07, 6.45) is 3.41. The lowest BCUT2D eigenvalue weighted by atomic mass is 9.83. The van der Waals surface area contributed by atoms with E-state index in [-0.39, 0.29) is 5.78 Å². The van der Waals surface area contributed by atoms with Crippen LogP contribution in [0, 0.1) is 0 Å². The van der Waals surface area contributed by atoms with Crippen molar-refractivity contribution in [1.29, 1.82) is 0 Å². The number of methoxy groups -OCH3 is 1. The maximum absolute atomic E-state index is 11.7. The van der Waals surface area contributed by atoms with Gasteiger partial charge in [0.1, 0.15) is 0 Å². The molecular formula is C12H12O2. The Bertz CT molecular complexity index is 407. The van der Waals surface area contributed by atoms with Crippen molar-refractivity contribution in [3.8, 4) is 0 Å². The van der Waals surface area contributed by atoms with Crippen molar-refractivity contribution >= 4 is 11.9 Å². The van der Waals surface area contributed by atoms with Crippen molar-refractivity contribution in [3.05, 3.63) is 41.5 Å². The normalized spacial score (nSPS) is 24.9. The molecule has 1 aromatic carbocycles. The SMILES string of the molecule is COC1(C)C(=O)C=Cc2ccccc21. The minimum atomic E-state index is -0.814. The van der Waals surface area contributed by atoms with Gasteiger partial charge in [-0.05, 0) is 24.1 Å². The molecule has 0 saturated heterocycles. The predicted octanol–water partition coefficient (Wildman–Crippen LogP) is 2.14. The summed E-state index contributed by atoms with van der Waals surface area (Å²) in [5.41, 5.74) is 1.18. The highest BCUT2D eigenvalue weighted by Gasteiger charge is 2.36. The van der Waals surface area contributed by atoms with Gasteiger partial charge in [0.15, 0.2) is 11.4 Å². The summed E-state index contributed by atoms with van der Waals surface area (Å²) >= 11 is 0. The molecule has 1 atom stereocenters. The number of hydrogen-bond acceptors (Lipinski definition) is 2. The van der Waals surface area contributed by atoms with Gasteiger partial charge in [-0.1, -0.05) is 30.3 Å². The van der Waals surface area contributed by atoms with Gasteiger partial charge >= 0.3 is 0 Å². The highest BCUT2D eigenvalue weighted by molar-refractivity contribution is 6.03. The lowest BCUT2D eigenvalue weighted by Gasteiger charge is -2.29. The largest absolute Gasteiger partial charge is 0.366 e. The molecule has 0 heterocycles. The molecule has 0 N–H and O–H groups in total. The van der Waals surface area contributed by atoms with E-state index in [0.717, 1.165) is 11.1 Å². The fraction of sp³-hybridized carbons (Fsp3) is 0.250. The molecule has 0 saturated carbocycles. The maximum Gasteiger partial charge on any atom is 0.191 e. The first-order chi connectivity index (χ1) is 6.68. The Morgan fingerprint density at radius 3 is 2.64 bits per heavy atom. The third-order valence-electron chi connectivity index (χ3n) is 2.77. The molecular weight excluding hydrogens is 176 g/mol. The topological polar surface area (TPSA) is 26.3 Å². The molecule has 1 aliphatic rings. The fourth-order valence-electron chi connectivity index (χ4n) is 1.74. The second-order valence-corrected chi connectivity index (χ2v) is 3.52. The number of rotatable bonds is 1.